The van der Waals surface area contributed by atoms with E-state index in [9.17, 15) is 9.59 Å². The van der Waals surface area contributed by atoms with Gasteiger partial charge in [0.1, 0.15) is 0 Å². The first-order valence-electron chi connectivity index (χ1n) is 8.20. The summed E-state index contributed by atoms with van der Waals surface area (Å²) in [5.74, 6) is 0.780. The van der Waals surface area contributed by atoms with Crippen LogP contribution in [0.3, 0.4) is 0 Å². The third-order valence-electron chi connectivity index (χ3n) is 3.63. The van der Waals surface area contributed by atoms with Gasteiger partial charge in [-0.05, 0) is 50.1 Å². The van der Waals surface area contributed by atoms with Crippen molar-refractivity contribution in [3.05, 3.63) is 64.7 Å². The second-order valence-corrected chi connectivity index (χ2v) is 6.76. The molecule has 1 N–H and O–H groups in total. The molecule has 0 fully saturated rings. The van der Waals surface area contributed by atoms with E-state index in [0.29, 0.717) is 23.6 Å². The van der Waals surface area contributed by atoms with E-state index in [-0.39, 0.29) is 11.9 Å². The maximum Gasteiger partial charge on any atom is 0.338 e. The molecule has 0 radical (unpaired) electrons. The van der Waals surface area contributed by atoms with Crippen molar-refractivity contribution in [3.8, 4) is 0 Å². The number of ether oxygens (including phenoxy) is 1. The zero-order valence-corrected chi connectivity index (χ0v) is 15.6. The van der Waals surface area contributed by atoms with Gasteiger partial charge in [0.2, 0.25) is 5.91 Å². The molecule has 2 aromatic carbocycles. The fourth-order valence-electron chi connectivity index (χ4n) is 2.28. The average molecular weight is 357 g/mol. The van der Waals surface area contributed by atoms with Crippen molar-refractivity contribution in [1.82, 2.24) is 0 Å². The second-order valence-electron chi connectivity index (χ2n) is 5.78. The molecular formula is C20H23NO3S. The highest BCUT2D eigenvalue weighted by Crippen LogP contribution is 2.18. The molecule has 0 atom stereocenters. The Kier molecular flexibility index (Phi) is 7.07. The lowest BCUT2D eigenvalue weighted by atomic mass is 10.1. The van der Waals surface area contributed by atoms with E-state index in [2.05, 4.69) is 36.5 Å². The quantitative estimate of drug-likeness (QED) is 0.749. The highest BCUT2D eigenvalue weighted by molar-refractivity contribution is 7.99. The molecule has 0 heterocycles. The number of amides is 1. The van der Waals surface area contributed by atoms with Crippen molar-refractivity contribution in [2.24, 2.45) is 0 Å². The number of hydrogen-bond acceptors (Lipinski definition) is 4. The predicted octanol–water partition coefficient (Wildman–Crippen LogP) is 4.35. The summed E-state index contributed by atoms with van der Waals surface area (Å²) in [5.41, 5.74) is 4.48. The van der Waals surface area contributed by atoms with E-state index in [1.165, 1.54) is 11.1 Å². The normalized spacial score (nSPS) is 10.4. The van der Waals surface area contributed by atoms with Crippen LogP contribution in [0.5, 0.6) is 0 Å². The minimum atomic E-state index is -0.350. The zero-order valence-electron chi connectivity index (χ0n) is 14.8. The fourth-order valence-corrected chi connectivity index (χ4v) is 3.07. The number of benzene rings is 2. The van der Waals surface area contributed by atoms with Crippen LogP contribution in [0.1, 0.15) is 34.0 Å². The molecule has 0 saturated carbocycles. The second kappa shape index (κ2) is 9.28. The van der Waals surface area contributed by atoms with Crippen LogP contribution < -0.4 is 5.32 Å². The third-order valence-corrected chi connectivity index (χ3v) is 4.64. The van der Waals surface area contributed by atoms with E-state index in [0.717, 1.165) is 11.3 Å². The largest absolute Gasteiger partial charge is 0.462 e. The van der Waals surface area contributed by atoms with E-state index in [1.807, 2.05) is 6.92 Å². The SMILES string of the molecule is CCOC(=O)c1ccc(NC(=O)CSCc2ccc(C)cc2)c(C)c1. The molecule has 0 aliphatic heterocycles. The van der Waals surface area contributed by atoms with Crippen molar-refractivity contribution >= 4 is 29.3 Å². The Bertz CT molecular complexity index is 741. The summed E-state index contributed by atoms with van der Waals surface area (Å²) in [6.45, 7) is 6.03. The van der Waals surface area contributed by atoms with Gasteiger partial charge in [-0.1, -0.05) is 29.8 Å². The van der Waals surface area contributed by atoms with Gasteiger partial charge in [0.05, 0.1) is 17.9 Å². The Balaban J connectivity index is 1.85. The number of carbonyl (C=O) groups excluding carboxylic acids is 2. The number of esters is 1. The van der Waals surface area contributed by atoms with Crippen molar-refractivity contribution in [3.63, 3.8) is 0 Å². The summed E-state index contributed by atoms with van der Waals surface area (Å²) in [5, 5.41) is 2.89. The molecule has 0 aromatic heterocycles. The molecule has 1 amide bonds. The van der Waals surface area contributed by atoms with Gasteiger partial charge in [-0.15, -0.1) is 11.8 Å². The first-order valence-corrected chi connectivity index (χ1v) is 9.36. The summed E-state index contributed by atoms with van der Waals surface area (Å²) < 4.78 is 4.98. The topological polar surface area (TPSA) is 55.4 Å². The van der Waals surface area contributed by atoms with Gasteiger partial charge in [-0.2, -0.15) is 0 Å². The molecule has 2 rings (SSSR count). The number of anilines is 1. The maximum absolute atomic E-state index is 12.1. The Morgan fingerprint density at radius 1 is 1.08 bits per heavy atom. The fraction of sp³-hybridized carbons (Fsp3) is 0.300. The summed E-state index contributed by atoms with van der Waals surface area (Å²) in [4.78, 5) is 23.8. The van der Waals surface area contributed by atoms with Crippen LogP contribution in [0.25, 0.3) is 0 Å². The Labute approximate surface area is 153 Å². The van der Waals surface area contributed by atoms with E-state index < -0.39 is 0 Å². The highest BCUT2D eigenvalue weighted by atomic mass is 32.2. The summed E-state index contributed by atoms with van der Waals surface area (Å²) in [6.07, 6.45) is 0. The van der Waals surface area contributed by atoms with Crippen LogP contribution in [0.2, 0.25) is 0 Å². The van der Waals surface area contributed by atoms with Gasteiger partial charge in [0.15, 0.2) is 0 Å². The Morgan fingerprint density at radius 2 is 1.80 bits per heavy atom. The number of hydrogen-bond donors (Lipinski definition) is 1. The lowest BCUT2D eigenvalue weighted by molar-refractivity contribution is -0.113. The number of thioether (sulfide) groups is 1. The molecule has 0 saturated heterocycles. The summed E-state index contributed by atoms with van der Waals surface area (Å²) in [7, 11) is 0. The van der Waals surface area contributed by atoms with Crippen LogP contribution in [0, 0.1) is 13.8 Å². The van der Waals surface area contributed by atoms with Gasteiger partial charge in [0.25, 0.3) is 0 Å². The number of nitrogens with one attached hydrogen (secondary N) is 1. The number of rotatable bonds is 7. The van der Waals surface area contributed by atoms with Gasteiger partial charge < -0.3 is 10.1 Å². The van der Waals surface area contributed by atoms with Crippen molar-refractivity contribution < 1.29 is 14.3 Å². The highest BCUT2D eigenvalue weighted by Gasteiger charge is 2.10. The van der Waals surface area contributed by atoms with Crippen LogP contribution in [-0.4, -0.2) is 24.2 Å². The van der Waals surface area contributed by atoms with Gasteiger partial charge in [-0.3, -0.25) is 4.79 Å². The van der Waals surface area contributed by atoms with Crippen LogP contribution in [0.4, 0.5) is 5.69 Å². The monoisotopic (exact) mass is 357 g/mol. The van der Waals surface area contributed by atoms with Crippen LogP contribution in [-0.2, 0) is 15.3 Å². The van der Waals surface area contributed by atoms with Gasteiger partial charge >= 0.3 is 5.97 Å². The van der Waals surface area contributed by atoms with Gasteiger partial charge in [-0.25, -0.2) is 4.79 Å². The van der Waals surface area contributed by atoms with E-state index in [1.54, 1.807) is 36.9 Å². The lowest BCUT2D eigenvalue weighted by Gasteiger charge is -2.10. The molecule has 0 aliphatic rings. The Hall–Kier alpha value is -2.27. The van der Waals surface area contributed by atoms with Crippen molar-refractivity contribution in [2.75, 3.05) is 17.7 Å². The summed E-state index contributed by atoms with van der Waals surface area (Å²) in [6, 6.07) is 13.4. The van der Waals surface area contributed by atoms with E-state index in [4.69, 9.17) is 4.74 Å². The average Bonchev–Trinajstić information content (AvgIpc) is 2.58. The molecule has 25 heavy (non-hydrogen) atoms. The number of carbonyl (C=O) groups is 2. The molecule has 0 aliphatic carbocycles. The smallest absolute Gasteiger partial charge is 0.338 e. The minimum Gasteiger partial charge on any atom is -0.462 e. The molecule has 0 bridgehead atoms. The molecule has 2 aromatic rings. The molecule has 132 valence electrons. The predicted molar refractivity (Wildman–Crippen MR) is 103 cm³/mol. The van der Waals surface area contributed by atoms with E-state index >= 15 is 0 Å². The Morgan fingerprint density at radius 3 is 2.44 bits per heavy atom. The summed E-state index contributed by atoms with van der Waals surface area (Å²) >= 11 is 1.57. The maximum atomic E-state index is 12.1. The molecule has 4 nitrogen and oxygen atoms in total. The first kappa shape index (κ1) is 19.1. The van der Waals surface area contributed by atoms with Crippen molar-refractivity contribution in [1.29, 1.82) is 0 Å². The standard InChI is InChI=1S/C20H23NO3S/c1-4-24-20(23)17-9-10-18(15(3)11-17)21-19(22)13-25-12-16-7-5-14(2)6-8-16/h5-11H,4,12-13H2,1-3H3,(H,21,22). The van der Waals surface area contributed by atoms with Crippen LogP contribution >= 0.6 is 11.8 Å². The zero-order chi connectivity index (χ0) is 18.2. The van der Waals surface area contributed by atoms with Crippen LogP contribution in [0.15, 0.2) is 42.5 Å². The lowest BCUT2D eigenvalue weighted by Crippen LogP contribution is -2.15. The first-order chi connectivity index (χ1) is 12.0. The minimum absolute atomic E-state index is 0.0518. The van der Waals surface area contributed by atoms with Crippen molar-refractivity contribution in [2.45, 2.75) is 26.5 Å². The van der Waals surface area contributed by atoms with Gasteiger partial charge in [0, 0.05) is 11.4 Å². The molecule has 5 heteroatoms. The number of aryl methyl sites for hydroxylation is 2. The molecular weight excluding hydrogens is 334 g/mol. The molecule has 0 unspecified atom stereocenters. The third kappa shape index (κ3) is 5.94. The molecule has 0 spiro atoms.